The molecule has 1 fully saturated rings. The van der Waals surface area contributed by atoms with E-state index in [2.05, 4.69) is 5.32 Å². The van der Waals surface area contributed by atoms with Crippen molar-refractivity contribution in [3.63, 3.8) is 0 Å². The van der Waals surface area contributed by atoms with Crippen LogP contribution in [0.25, 0.3) is 0 Å². The number of methoxy groups -OCH3 is 2. The quantitative estimate of drug-likeness (QED) is 0.860. The van der Waals surface area contributed by atoms with Gasteiger partial charge in [0.25, 0.3) is 0 Å². The van der Waals surface area contributed by atoms with Crippen molar-refractivity contribution in [3.05, 3.63) is 29.8 Å². The van der Waals surface area contributed by atoms with E-state index in [0.29, 0.717) is 0 Å². The fraction of sp³-hybridized carbons (Fsp3) is 0.562. The Hall–Kier alpha value is -1.55. The fourth-order valence-electron chi connectivity index (χ4n) is 2.96. The van der Waals surface area contributed by atoms with Crippen LogP contribution in [0.2, 0.25) is 0 Å². The molecule has 2 unspecified atom stereocenters. The first-order chi connectivity index (χ1) is 9.62. The van der Waals surface area contributed by atoms with Gasteiger partial charge in [0.15, 0.2) is 5.54 Å². The van der Waals surface area contributed by atoms with Crippen LogP contribution < -0.4 is 5.32 Å². The summed E-state index contributed by atoms with van der Waals surface area (Å²) in [6.45, 7) is 2.04. The maximum Gasteiger partial charge on any atom is 0.334 e. The lowest BCUT2D eigenvalue weighted by molar-refractivity contribution is -0.153. The van der Waals surface area contributed by atoms with Crippen LogP contribution in [0.15, 0.2) is 24.3 Å². The number of hydrogen-bond acceptors (Lipinski definition) is 4. The molecule has 0 aliphatic heterocycles. The average molecular weight is 277 g/mol. The number of benzene rings is 1. The highest BCUT2D eigenvalue weighted by molar-refractivity contribution is 5.85. The first kappa shape index (κ1) is 14.9. The topological polar surface area (TPSA) is 47.6 Å². The molecule has 0 bridgehead atoms. The summed E-state index contributed by atoms with van der Waals surface area (Å²) in [4.78, 5) is 12.4. The van der Waals surface area contributed by atoms with Crippen molar-refractivity contribution < 1.29 is 14.3 Å². The molecule has 2 atom stereocenters. The summed E-state index contributed by atoms with van der Waals surface area (Å²) in [5, 5.41) is 3.37. The van der Waals surface area contributed by atoms with E-state index in [-0.39, 0.29) is 12.1 Å². The summed E-state index contributed by atoms with van der Waals surface area (Å²) in [5.41, 5.74) is 1.33. The second kappa shape index (κ2) is 6.27. The van der Waals surface area contributed by atoms with Crippen molar-refractivity contribution in [3.8, 4) is 0 Å². The van der Waals surface area contributed by atoms with E-state index in [9.17, 15) is 4.79 Å². The molecular weight excluding hydrogens is 254 g/mol. The number of nitrogens with one attached hydrogen (secondary N) is 1. The van der Waals surface area contributed by atoms with Crippen molar-refractivity contribution in [2.75, 3.05) is 19.5 Å². The van der Waals surface area contributed by atoms with Crippen LogP contribution in [0.3, 0.4) is 0 Å². The molecule has 4 nitrogen and oxygen atoms in total. The van der Waals surface area contributed by atoms with E-state index >= 15 is 0 Å². The average Bonchev–Trinajstić information content (AvgIpc) is 2.49. The molecule has 0 spiro atoms. The molecule has 0 heterocycles. The molecule has 1 aliphatic rings. The van der Waals surface area contributed by atoms with E-state index in [1.165, 1.54) is 12.7 Å². The third kappa shape index (κ3) is 2.80. The summed E-state index contributed by atoms with van der Waals surface area (Å²) >= 11 is 0. The van der Waals surface area contributed by atoms with Gasteiger partial charge in [0, 0.05) is 12.8 Å². The van der Waals surface area contributed by atoms with Gasteiger partial charge in [-0.1, -0.05) is 30.5 Å². The standard InChI is InChI=1S/C16H23NO3/c1-12-7-9-13(10-8-12)17-16(15(18)20-3)11-5-4-6-14(16)19-2/h7-10,14,17H,4-6,11H2,1-3H3. The van der Waals surface area contributed by atoms with Gasteiger partial charge in [-0.2, -0.15) is 0 Å². The minimum Gasteiger partial charge on any atom is -0.467 e. The molecular formula is C16H23NO3. The van der Waals surface area contributed by atoms with Gasteiger partial charge in [-0.05, 0) is 31.9 Å². The smallest absolute Gasteiger partial charge is 0.334 e. The normalized spacial score (nSPS) is 26.1. The maximum absolute atomic E-state index is 12.4. The van der Waals surface area contributed by atoms with Gasteiger partial charge in [0.05, 0.1) is 13.2 Å². The number of anilines is 1. The van der Waals surface area contributed by atoms with Crippen LogP contribution in [0.4, 0.5) is 5.69 Å². The SMILES string of the molecule is COC(=O)C1(Nc2ccc(C)cc2)CCCCC1OC. The predicted molar refractivity (Wildman–Crippen MR) is 78.8 cm³/mol. The lowest BCUT2D eigenvalue weighted by Gasteiger charge is -2.41. The highest BCUT2D eigenvalue weighted by Crippen LogP contribution is 2.35. The third-order valence-electron chi connectivity index (χ3n) is 4.09. The van der Waals surface area contributed by atoms with Crippen molar-refractivity contribution in [2.24, 2.45) is 0 Å². The van der Waals surface area contributed by atoms with E-state index in [0.717, 1.165) is 31.4 Å². The molecule has 1 N–H and O–H groups in total. The van der Waals surface area contributed by atoms with Crippen molar-refractivity contribution >= 4 is 11.7 Å². The number of ether oxygens (including phenoxy) is 2. The zero-order valence-electron chi connectivity index (χ0n) is 12.4. The van der Waals surface area contributed by atoms with Crippen LogP contribution in [0, 0.1) is 6.92 Å². The summed E-state index contributed by atoms with van der Waals surface area (Å²) < 4.78 is 10.6. The molecule has 2 rings (SSSR count). The highest BCUT2D eigenvalue weighted by Gasteiger charge is 2.48. The Balaban J connectivity index is 2.31. The Kier molecular flexibility index (Phi) is 4.65. The predicted octanol–water partition coefficient (Wildman–Crippen LogP) is 2.91. The lowest BCUT2D eigenvalue weighted by atomic mass is 9.78. The van der Waals surface area contributed by atoms with Crippen LogP contribution in [-0.2, 0) is 14.3 Å². The molecule has 20 heavy (non-hydrogen) atoms. The molecule has 1 aromatic carbocycles. The van der Waals surface area contributed by atoms with Gasteiger partial charge >= 0.3 is 5.97 Å². The van der Waals surface area contributed by atoms with Crippen LogP contribution in [-0.4, -0.2) is 31.8 Å². The number of carbonyl (C=O) groups is 1. The Bertz CT molecular complexity index is 457. The van der Waals surface area contributed by atoms with E-state index < -0.39 is 5.54 Å². The van der Waals surface area contributed by atoms with Crippen LogP contribution in [0.5, 0.6) is 0 Å². The second-order valence-electron chi connectivity index (χ2n) is 5.42. The number of carbonyl (C=O) groups excluding carboxylic acids is 1. The van der Waals surface area contributed by atoms with E-state index in [4.69, 9.17) is 9.47 Å². The highest BCUT2D eigenvalue weighted by atomic mass is 16.5. The molecule has 110 valence electrons. The molecule has 0 amide bonds. The number of aryl methyl sites for hydroxylation is 1. The van der Waals surface area contributed by atoms with Gasteiger partial charge in [-0.3, -0.25) is 0 Å². The minimum absolute atomic E-state index is 0.162. The van der Waals surface area contributed by atoms with Gasteiger partial charge in [-0.25, -0.2) is 4.79 Å². The second-order valence-corrected chi connectivity index (χ2v) is 5.42. The minimum atomic E-state index is -0.781. The Labute approximate surface area is 120 Å². The van der Waals surface area contributed by atoms with Gasteiger partial charge < -0.3 is 14.8 Å². The number of hydrogen-bond donors (Lipinski definition) is 1. The zero-order valence-corrected chi connectivity index (χ0v) is 12.4. The first-order valence-electron chi connectivity index (χ1n) is 7.08. The van der Waals surface area contributed by atoms with E-state index in [1.54, 1.807) is 7.11 Å². The Morgan fingerprint density at radius 1 is 1.25 bits per heavy atom. The summed E-state index contributed by atoms with van der Waals surface area (Å²) in [7, 11) is 3.09. The Morgan fingerprint density at radius 3 is 2.55 bits per heavy atom. The molecule has 1 aliphatic carbocycles. The molecule has 4 heteroatoms. The summed E-state index contributed by atoms with van der Waals surface area (Å²) in [6.07, 6.45) is 3.50. The lowest BCUT2D eigenvalue weighted by Crippen LogP contribution is -2.58. The van der Waals surface area contributed by atoms with Crippen molar-refractivity contribution in [2.45, 2.75) is 44.2 Å². The number of esters is 1. The molecule has 1 aromatic rings. The van der Waals surface area contributed by atoms with E-state index in [1.807, 2.05) is 31.2 Å². The third-order valence-corrected chi connectivity index (χ3v) is 4.09. The Morgan fingerprint density at radius 2 is 1.95 bits per heavy atom. The van der Waals surface area contributed by atoms with Gasteiger partial charge in [0.2, 0.25) is 0 Å². The monoisotopic (exact) mass is 277 g/mol. The first-order valence-corrected chi connectivity index (χ1v) is 7.08. The molecule has 0 radical (unpaired) electrons. The zero-order chi connectivity index (χ0) is 14.6. The molecule has 0 saturated heterocycles. The maximum atomic E-state index is 12.4. The van der Waals surface area contributed by atoms with Gasteiger partial charge in [0.1, 0.15) is 0 Å². The fourth-order valence-corrected chi connectivity index (χ4v) is 2.96. The number of rotatable bonds is 4. The molecule has 1 saturated carbocycles. The largest absolute Gasteiger partial charge is 0.467 e. The summed E-state index contributed by atoms with van der Waals surface area (Å²) in [5.74, 6) is -0.246. The van der Waals surface area contributed by atoms with Crippen molar-refractivity contribution in [1.82, 2.24) is 0 Å². The van der Waals surface area contributed by atoms with Crippen molar-refractivity contribution in [1.29, 1.82) is 0 Å². The summed E-state index contributed by atoms with van der Waals surface area (Å²) in [6, 6.07) is 8.03. The van der Waals surface area contributed by atoms with Crippen LogP contribution >= 0.6 is 0 Å². The van der Waals surface area contributed by atoms with Crippen LogP contribution in [0.1, 0.15) is 31.2 Å². The van der Waals surface area contributed by atoms with Gasteiger partial charge in [-0.15, -0.1) is 0 Å². The molecule has 0 aromatic heterocycles.